The highest BCUT2D eigenvalue weighted by atomic mass is 32.2. The molecule has 0 fully saturated rings. The second-order valence-corrected chi connectivity index (χ2v) is 9.83. The van der Waals surface area contributed by atoms with Gasteiger partial charge < -0.3 is 10.1 Å². The van der Waals surface area contributed by atoms with Crippen LogP contribution in [0.2, 0.25) is 0 Å². The van der Waals surface area contributed by atoms with Gasteiger partial charge in [0.2, 0.25) is 21.7 Å². The van der Waals surface area contributed by atoms with Crippen molar-refractivity contribution in [1.29, 1.82) is 0 Å². The van der Waals surface area contributed by atoms with Crippen LogP contribution in [0.1, 0.15) is 35.3 Å². The van der Waals surface area contributed by atoms with Gasteiger partial charge in [-0.15, -0.1) is 11.3 Å². The number of ether oxygens (including phenoxy) is 1. The number of nitrogens with one attached hydrogen (secondary N) is 2. The molecule has 0 aliphatic rings. The number of thiophene rings is 1. The quantitative estimate of drug-likeness (QED) is 0.406. The van der Waals surface area contributed by atoms with Crippen LogP contribution in [0.4, 0.5) is 4.39 Å². The van der Waals surface area contributed by atoms with Crippen LogP contribution in [0, 0.1) is 11.7 Å². The first-order chi connectivity index (χ1) is 14.5. The fourth-order valence-electron chi connectivity index (χ4n) is 2.48. The molecule has 0 radical (unpaired) electrons. The van der Waals surface area contributed by atoms with Crippen molar-refractivity contribution in [3.8, 4) is 0 Å². The van der Waals surface area contributed by atoms with Gasteiger partial charge in [-0.25, -0.2) is 12.8 Å². The summed E-state index contributed by atoms with van der Waals surface area (Å²) in [5.74, 6) is -3.08. The maximum Gasteiger partial charge on any atom is 0.324 e. The summed E-state index contributed by atoms with van der Waals surface area (Å²) >= 11 is 1.15. The molecule has 168 valence electrons. The van der Waals surface area contributed by atoms with E-state index in [1.54, 1.807) is 26.0 Å². The average Bonchev–Trinajstić information content (AvgIpc) is 3.17. The molecule has 0 aliphatic heterocycles. The zero-order valence-electron chi connectivity index (χ0n) is 17.2. The van der Waals surface area contributed by atoms with E-state index in [2.05, 4.69) is 10.0 Å². The Kier molecular flexibility index (Phi) is 8.43. The number of sulfonamides is 1. The van der Waals surface area contributed by atoms with Crippen molar-refractivity contribution < 1.29 is 31.9 Å². The molecule has 11 heteroatoms. The normalized spacial score (nSPS) is 12.4. The van der Waals surface area contributed by atoms with E-state index in [1.807, 2.05) is 0 Å². The third-order valence-electron chi connectivity index (χ3n) is 4.12. The topological polar surface area (TPSA) is 119 Å². The summed E-state index contributed by atoms with van der Waals surface area (Å²) in [5.41, 5.74) is 0. The molecule has 1 aromatic heterocycles. The number of halogens is 1. The summed E-state index contributed by atoms with van der Waals surface area (Å²) in [7, 11) is -4.32. The smallest absolute Gasteiger partial charge is 0.324 e. The molecule has 0 aliphatic carbocycles. The number of carbonyl (C=O) groups excluding carboxylic acids is 3. The van der Waals surface area contributed by atoms with Gasteiger partial charge in [-0.2, -0.15) is 4.72 Å². The van der Waals surface area contributed by atoms with Crippen LogP contribution in [0.15, 0.2) is 41.3 Å². The van der Waals surface area contributed by atoms with Crippen LogP contribution >= 0.6 is 11.3 Å². The van der Waals surface area contributed by atoms with E-state index in [9.17, 15) is 27.2 Å². The largest absolute Gasteiger partial charge is 0.456 e. The number of hydrogen-bond donors (Lipinski definition) is 2. The summed E-state index contributed by atoms with van der Waals surface area (Å²) in [4.78, 5) is 36.2. The molecular weight excluding hydrogens is 447 g/mol. The molecule has 31 heavy (non-hydrogen) atoms. The Labute approximate surface area is 183 Å². The Morgan fingerprint density at radius 1 is 1.13 bits per heavy atom. The first kappa shape index (κ1) is 24.6. The first-order valence-corrected chi connectivity index (χ1v) is 11.6. The van der Waals surface area contributed by atoms with Gasteiger partial charge in [0.25, 0.3) is 0 Å². The highest BCUT2D eigenvalue weighted by Crippen LogP contribution is 2.18. The highest BCUT2D eigenvalue weighted by Gasteiger charge is 2.31. The molecule has 1 atom stereocenters. The number of ketones is 1. The van der Waals surface area contributed by atoms with Crippen LogP contribution in [0.5, 0.6) is 0 Å². The summed E-state index contributed by atoms with van der Waals surface area (Å²) in [6.45, 7) is 4.25. The van der Waals surface area contributed by atoms with Gasteiger partial charge in [0.05, 0.1) is 11.4 Å². The Morgan fingerprint density at radius 3 is 2.42 bits per heavy atom. The Balaban J connectivity index is 2.02. The van der Waals surface area contributed by atoms with E-state index in [0.29, 0.717) is 4.88 Å². The monoisotopic (exact) mass is 470 g/mol. The minimum absolute atomic E-state index is 0.201. The molecule has 0 bridgehead atoms. The van der Waals surface area contributed by atoms with Crippen LogP contribution in [-0.2, 0) is 30.9 Å². The van der Waals surface area contributed by atoms with E-state index in [1.165, 1.54) is 19.1 Å². The first-order valence-electron chi connectivity index (χ1n) is 9.31. The van der Waals surface area contributed by atoms with Gasteiger partial charge in [0.1, 0.15) is 16.8 Å². The van der Waals surface area contributed by atoms with E-state index in [0.717, 1.165) is 28.3 Å². The van der Waals surface area contributed by atoms with E-state index in [4.69, 9.17) is 4.74 Å². The van der Waals surface area contributed by atoms with Gasteiger partial charge in [-0.05, 0) is 30.2 Å². The lowest BCUT2D eigenvalue weighted by molar-refractivity contribution is -0.145. The van der Waals surface area contributed by atoms with Gasteiger partial charge in [-0.1, -0.05) is 26.0 Å². The molecule has 0 spiro atoms. The van der Waals surface area contributed by atoms with E-state index < -0.39 is 51.1 Å². The molecule has 2 rings (SSSR count). The van der Waals surface area contributed by atoms with Crippen LogP contribution in [0.3, 0.4) is 0 Å². The SMILES string of the molecule is CC(=O)NCc1ccc(C(=O)COC(=O)[C@@H](NS(=O)(=O)c2ccccc2F)C(C)C)s1. The molecule has 1 heterocycles. The van der Waals surface area contributed by atoms with Crippen molar-refractivity contribution in [3.05, 3.63) is 52.0 Å². The molecule has 2 aromatic rings. The van der Waals surface area contributed by atoms with Crippen molar-refractivity contribution in [2.45, 2.75) is 38.3 Å². The average molecular weight is 471 g/mol. The number of hydrogen-bond acceptors (Lipinski definition) is 7. The lowest BCUT2D eigenvalue weighted by atomic mass is 10.1. The standard InChI is InChI=1S/C20H23FN2O6S2/c1-12(2)19(23-31(27,28)18-7-5-4-6-15(18)21)20(26)29-11-16(25)17-9-8-14(30-17)10-22-13(3)24/h4-9,12,19,23H,10-11H2,1-3H3,(H,22,24)/t19-/m0/s1. The highest BCUT2D eigenvalue weighted by molar-refractivity contribution is 7.89. The zero-order chi connectivity index (χ0) is 23.2. The lowest BCUT2D eigenvalue weighted by Gasteiger charge is -2.20. The number of carbonyl (C=O) groups is 3. The summed E-state index contributed by atoms with van der Waals surface area (Å²) in [6, 6.07) is 6.71. The van der Waals surface area contributed by atoms with E-state index >= 15 is 0 Å². The van der Waals surface area contributed by atoms with E-state index in [-0.39, 0.29) is 12.5 Å². The van der Waals surface area contributed by atoms with Crippen molar-refractivity contribution >= 4 is 39.0 Å². The maximum absolute atomic E-state index is 13.9. The molecule has 0 saturated heterocycles. The molecular formula is C20H23FN2O6S2. The summed E-state index contributed by atoms with van der Waals surface area (Å²) in [5, 5.41) is 2.61. The van der Waals surface area contributed by atoms with Gasteiger partial charge in [0, 0.05) is 11.8 Å². The molecule has 1 aromatic carbocycles. The Hall–Kier alpha value is -2.63. The van der Waals surface area contributed by atoms with Gasteiger partial charge >= 0.3 is 5.97 Å². The lowest BCUT2D eigenvalue weighted by Crippen LogP contribution is -2.45. The second-order valence-electron chi connectivity index (χ2n) is 6.98. The second kappa shape index (κ2) is 10.6. The molecule has 2 N–H and O–H groups in total. The predicted molar refractivity (Wildman–Crippen MR) is 112 cm³/mol. The minimum Gasteiger partial charge on any atom is -0.456 e. The number of benzene rings is 1. The fourth-order valence-corrected chi connectivity index (χ4v) is 4.77. The van der Waals surface area contributed by atoms with Crippen molar-refractivity contribution in [2.75, 3.05) is 6.61 Å². The Bertz CT molecular complexity index is 1070. The van der Waals surface area contributed by atoms with Gasteiger partial charge in [0.15, 0.2) is 6.61 Å². The minimum atomic E-state index is -4.32. The van der Waals surface area contributed by atoms with Crippen molar-refractivity contribution in [2.24, 2.45) is 5.92 Å². The molecule has 0 unspecified atom stereocenters. The number of Topliss-reactive ketones (excluding diaryl/α,β-unsaturated/α-hetero) is 1. The molecule has 0 saturated carbocycles. The summed E-state index contributed by atoms with van der Waals surface area (Å²) in [6.07, 6.45) is 0. The third kappa shape index (κ3) is 6.94. The maximum atomic E-state index is 13.9. The number of rotatable bonds is 10. The van der Waals surface area contributed by atoms with Crippen molar-refractivity contribution in [3.63, 3.8) is 0 Å². The zero-order valence-corrected chi connectivity index (χ0v) is 18.8. The van der Waals surface area contributed by atoms with Crippen molar-refractivity contribution in [1.82, 2.24) is 10.0 Å². The predicted octanol–water partition coefficient (Wildman–Crippen LogP) is 2.25. The molecule has 8 nitrogen and oxygen atoms in total. The van der Waals surface area contributed by atoms with Crippen LogP contribution in [0.25, 0.3) is 0 Å². The molecule has 1 amide bonds. The number of amides is 1. The summed E-state index contributed by atoms with van der Waals surface area (Å²) < 4.78 is 46.0. The van der Waals surface area contributed by atoms with Gasteiger partial charge in [-0.3, -0.25) is 14.4 Å². The van der Waals surface area contributed by atoms with Crippen LogP contribution < -0.4 is 10.0 Å². The Morgan fingerprint density at radius 2 is 1.81 bits per heavy atom. The third-order valence-corrected chi connectivity index (χ3v) is 6.72. The fraction of sp³-hybridized carbons (Fsp3) is 0.350. The number of esters is 1. The van der Waals surface area contributed by atoms with Crippen LogP contribution in [-0.4, -0.2) is 38.7 Å².